The predicted molar refractivity (Wildman–Crippen MR) is 108 cm³/mol. The number of guanidine groups is 1. The Morgan fingerprint density at radius 3 is 2.48 bits per heavy atom. The van der Waals surface area contributed by atoms with Crippen LogP contribution in [0.2, 0.25) is 0 Å². The standard InChI is InChI=1S/C17H30N4O3.HI/c1-12-10-21(11-14(12)16(23)24-3)17(18-2)19-9-15(22)20-13-7-5-4-6-8-13;/h12-14H,4-11H2,1-3H3,(H,18,19)(H,20,22);1H. The van der Waals surface area contributed by atoms with Crippen molar-refractivity contribution in [2.24, 2.45) is 16.8 Å². The maximum Gasteiger partial charge on any atom is 0.310 e. The van der Waals surface area contributed by atoms with E-state index in [2.05, 4.69) is 15.6 Å². The van der Waals surface area contributed by atoms with Gasteiger partial charge in [0.05, 0.1) is 19.6 Å². The molecule has 144 valence electrons. The van der Waals surface area contributed by atoms with E-state index in [-0.39, 0.29) is 54.2 Å². The van der Waals surface area contributed by atoms with Gasteiger partial charge in [0.2, 0.25) is 5.91 Å². The van der Waals surface area contributed by atoms with Gasteiger partial charge < -0.3 is 20.3 Å². The highest BCUT2D eigenvalue weighted by Gasteiger charge is 2.36. The van der Waals surface area contributed by atoms with E-state index in [0.29, 0.717) is 18.5 Å². The first-order chi connectivity index (χ1) is 11.5. The van der Waals surface area contributed by atoms with Crippen molar-refractivity contribution >= 4 is 41.8 Å². The fourth-order valence-electron chi connectivity index (χ4n) is 3.62. The Morgan fingerprint density at radius 1 is 1.20 bits per heavy atom. The Kier molecular flexibility index (Phi) is 9.52. The fourth-order valence-corrected chi connectivity index (χ4v) is 3.62. The van der Waals surface area contributed by atoms with Crippen LogP contribution in [-0.4, -0.2) is 62.6 Å². The SMILES string of the molecule is CN=C(NCC(=O)NC1CCCCC1)N1CC(C)C(C(=O)OC)C1.I. The zero-order valence-electron chi connectivity index (χ0n) is 15.4. The number of likely N-dealkylation sites (tertiary alicyclic amines) is 1. The van der Waals surface area contributed by atoms with Crippen molar-refractivity contribution in [3.63, 3.8) is 0 Å². The zero-order chi connectivity index (χ0) is 17.5. The molecule has 1 amide bonds. The van der Waals surface area contributed by atoms with Crippen molar-refractivity contribution in [1.82, 2.24) is 15.5 Å². The van der Waals surface area contributed by atoms with Gasteiger partial charge in [-0.15, -0.1) is 24.0 Å². The summed E-state index contributed by atoms with van der Waals surface area (Å²) in [5.74, 6) is 0.527. The van der Waals surface area contributed by atoms with Gasteiger partial charge in [0.25, 0.3) is 0 Å². The molecule has 25 heavy (non-hydrogen) atoms. The van der Waals surface area contributed by atoms with E-state index in [4.69, 9.17) is 4.74 Å². The summed E-state index contributed by atoms with van der Waals surface area (Å²) in [5, 5.41) is 6.20. The second-order valence-electron chi connectivity index (χ2n) is 6.82. The number of amides is 1. The minimum absolute atomic E-state index is 0. The lowest BCUT2D eigenvalue weighted by Gasteiger charge is -2.24. The average Bonchev–Trinajstić information content (AvgIpc) is 2.97. The maximum atomic E-state index is 12.1. The van der Waals surface area contributed by atoms with Crippen LogP contribution in [0.3, 0.4) is 0 Å². The van der Waals surface area contributed by atoms with Gasteiger partial charge in [-0.25, -0.2) is 0 Å². The smallest absolute Gasteiger partial charge is 0.310 e. The molecular weight excluding hydrogens is 435 g/mol. The van der Waals surface area contributed by atoms with E-state index in [1.165, 1.54) is 26.4 Å². The summed E-state index contributed by atoms with van der Waals surface area (Å²) in [7, 11) is 3.11. The molecule has 0 bridgehead atoms. The summed E-state index contributed by atoms with van der Waals surface area (Å²) in [4.78, 5) is 30.2. The third-order valence-electron chi connectivity index (χ3n) is 5.00. The van der Waals surface area contributed by atoms with E-state index in [9.17, 15) is 9.59 Å². The number of carbonyl (C=O) groups excluding carboxylic acids is 2. The quantitative estimate of drug-likeness (QED) is 0.283. The molecule has 1 saturated carbocycles. The molecule has 8 heteroatoms. The van der Waals surface area contributed by atoms with Crippen molar-refractivity contribution in [3.05, 3.63) is 0 Å². The summed E-state index contributed by atoms with van der Waals surface area (Å²) in [6.07, 6.45) is 5.81. The van der Waals surface area contributed by atoms with E-state index < -0.39 is 0 Å². The Labute approximate surface area is 167 Å². The Bertz CT molecular complexity index is 481. The molecule has 2 atom stereocenters. The lowest BCUT2D eigenvalue weighted by molar-refractivity contribution is -0.146. The minimum atomic E-state index is -0.185. The number of methoxy groups -OCH3 is 1. The molecule has 2 rings (SSSR count). The largest absolute Gasteiger partial charge is 0.469 e. The Morgan fingerprint density at radius 2 is 1.88 bits per heavy atom. The first kappa shape index (κ1) is 22.0. The van der Waals surface area contributed by atoms with Crippen LogP contribution < -0.4 is 10.6 Å². The van der Waals surface area contributed by atoms with Gasteiger partial charge in [-0.1, -0.05) is 26.2 Å². The number of carbonyl (C=O) groups is 2. The highest BCUT2D eigenvalue weighted by atomic mass is 127. The van der Waals surface area contributed by atoms with Gasteiger partial charge in [0.15, 0.2) is 5.96 Å². The first-order valence-electron chi connectivity index (χ1n) is 8.88. The van der Waals surface area contributed by atoms with Gasteiger partial charge in [0.1, 0.15) is 0 Å². The van der Waals surface area contributed by atoms with Gasteiger partial charge >= 0.3 is 5.97 Å². The second-order valence-corrected chi connectivity index (χ2v) is 6.82. The van der Waals surface area contributed by atoms with Crippen molar-refractivity contribution in [2.75, 3.05) is 33.8 Å². The summed E-state index contributed by atoms with van der Waals surface area (Å²) in [6.45, 7) is 3.53. The van der Waals surface area contributed by atoms with E-state index in [1.807, 2.05) is 11.8 Å². The van der Waals surface area contributed by atoms with Crippen LogP contribution in [-0.2, 0) is 14.3 Å². The van der Waals surface area contributed by atoms with Gasteiger partial charge in [-0.2, -0.15) is 0 Å². The number of ether oxygens (including phenoxy) is 1. The van der Waals surface area contributed by atoms with Crippen molar-refractivity contribution in [3.8, 4) is 0 Å². The summed E-state index contributed by atoms with van der Waals surface area (Å²) in [5.41, 5.74) is 0. The molecule has 1 aliphatic heterocycles. The Balaban J connectivity index is 0.00000312. The number of hydrogen-bond donors (Lipinski definition) is 2. The van der Waals surface area contributed by atoms with Crippen LogP contribution >= 0.6 is 24.0 Å². The number of hydrogen-bond acceptors (Lipinski definition) is 4. The molecule has 7 nitrogen and oxygen atoms in total. The molecule has 2 fully saturated rings. The minimum Gasteiger partial charge on any atom is -0.469 e. The van der Waals surface area contributed by atoms with Crippen molar-refractivity contribution in [1.29, 1.82) is 0 Å². The normalized spacial score (nSPS) is 24.4. The number of halogens is 1. The second kappa shape index (κ2) is 10.8. The molecule has 1 saturated heterocycles. The molecule has 0 radical (unpaired) electrons. The van der Waals surface area contributed by atoms with E-state index in [0.717, 1.165) is 19.4 Å². The number of esters is 1. The molecule has 1 aliphatic carbocycles. The lowest BCUT2D eigenvalue weighted by Crippen LogP contribution is -2.47. The summed E-state index contributed by atoms with van der Waals surface area (Å²) in [6, 6.07) is 0.311. The summed E-state index contributed by atoms with van der Waals surface area (Å²) < 4.78 is 4.86. The maximum absolute atomic E-state index is 12.1. The highest BCUT2D eigenvalue weighted by Crippen LogP contribution is 2.24. The first-order valence-corrected chi connectivity index (χ1v) is 8.88. The highest BCUT2D eigenvalue weighted by molar-refractivity contribution is 14.0. The lowest BCUT2D eigenvalue weighted by atomic mass is 9.95. The van der Waals surface area contributed by atoms with Crippen molar-refractivity contribution < 1.29 is 14.3 Å². The topological polar surface area (TPSA) is 83.0 Å². The number of nitrogens with one attached hydrogen (secondary N) is 2. The van der Waals surface area contributed by atoms with E-state index in [1.54, 1.807) is 7.05 Å². The van der Waals surface area contributed by atoms with Crippen LogP contribution in [0.15, 0.2) is 4.99 Å². The third kappa shape index (κ3) is 6.31. The monoisotopic (exact) mass is 466 g/mol. The molecule has 2 unspecified atom stereocenters. The molecule has 0 aromatic heterocycles. The van der Waals surface area contributed by atoms with Crippen LogP contribution in [0.4, 0.5) is 0 Å². The van der Waals surface area contributed by atoms with Crippen molar-refractivity contribution in [2.45, 2.75) is 45.1 Å². The Hall–Kier alpha value is -1.06. The molecule has 0 aromatic carbocycles. The van der Waals surface area contributed by atoms with Crippen LogP contribution in [0.25, 0.3) is 0 Å². The van der Waals surface area contributed by atoms with Gasteiger partial charge in [0, 0.05) is 26.2 Å². The number of rotatable bonds is 4. The molecule has 0 spiro atoms. The summed E-state index contributed by atoms with van der Waals surface area (Å²) >= 11 is 0. The van der Waals surface area contributed by atoms with Crippen LogP contribution in [0.1, 0.15) is 39.0 Å². The fraction of sp³-hybridized carbons (Fsp3) is 0.824. The van der Waals surface area contributed by atoms with Gasteiger partial charge in [-0.3, -0.25) is 14.6 Å². The number of nitrogens with zero attached hydrogens (tertiary/aromatic N) is 2. The predicted octanol–water partition coefficient (Wildman–Crippen LogP) is 1.37. The molecule has 2 aliphatic rings. The number of aliphatic imine (C=N–C) groups is 1. The van der Waals surface area contributed by atoms with Crippen LogP contribution in [0.5, 0.6) is 0 Å². The van der Waals surface area contributed by atoms with E-state index >= 15 is 0 Å². The molecular formula is C17H31IN4O3. The molecule has 0 aromatic rings. The van der Waals surface area contributed by atoms with Gasteiger partial charge in [-0.05, 0) is 18.8 Å². The van der Waals surface area contributed by atoms with Crippen LogP contribution in [0, 0.1) is 11.8 Å². The molecule has 2 N–H and O–H groups in total. The average molecular weight is 466 g/mol. The molecule has 1 heterocycles. The third-order valence-corrected chi connectivity index (χ3v) is 5.00. The zero-order valence-corrected chi connectivity index (χ0v) is 17.7.